The molecule has 0 aliphatic carbocycles. The van der Waals surface area contributed by atoms with Crippen molar-refractivity contribution in [2.24, 2.45) is 5.92 Å². The molecule has 3 heterocycles. The number of aryl methyl sites for hydroxylation is 1. The summed E-state index contributed by atoms with van der Waals surface area (Å²) in [5, 5.41) is 2.84. The molecule has 0 radical (unpaired) electrons. The van der Waals surface area contributed by atoms with Crippen LogP contribution in [0.25, 0.3) is 0 Å². The van der Waals surface area contributed by atoms with Crippen molar-refractivity contribution >= 4 is 17.8 Å². The first-order valence-corrected chi connectivity index (χ1v) is 8.50. The second-order valence-electron chi connectivity index (χ2n) is 6.80. The first-order valence-electron chi connectivity index (χ1n) is 8.50. The Morgan fingerprint density at radius 3 is 2.84 bits per heavy atom. The normalized spacial score (nSPS) is 20.4. The molecule has 25 heavy (non-hydrogen) atoms. The number of anilines is 2. The van der Waals surface area contributed by atoms with Gasteiger partial charge in [0.05, 0.1) is 12.4 Å². The smallest absolute Gasteiger partial charge is 0.324 e. The van der Waals surface area contributed by atoms with E-state index in [4.69, 9.17) is 0 Å². The van der Waals surface area contributed by atoms with Gasteiger partial charge in [0.1, 0.15) is 5.82 Å². The zero-order valence-electron chi connectivity index (χ0n) is 15.2. The summed E-state index contributed by atoms with van der Waals surface area (Å²) in [6.07, 6.45) is 6.49. The van der Waals surface area contributed by atoms with Crippen molar-refractivity contribution in [2.45, 2.75) is 26.3 Å². The maximum atomic E-state index is 12.7. The standard InChI is InChI=1S/C17H25N7O/c1-12-5-7-23(10-14(12)24-8-6-18-11-24)17(25)21-16-19-13(2)9-15(20-16)22(3)4/h6,8-9,11-12,14H,5,7,10H2,1-4H3,(H,19,20,21,25)/t12-,14+/m0/s1. The molecule has 0 spiro atoms. The molecule has 8 heteroatoms. The van der Waals surface area contributed by atoms with Gasteiger partial charge < -0.3 is 14.4 Å². The molecule has 2 aromatic heterocycles. The molecule has 0 saturated carbocycles. The van der Waals surface area contributed by atoms with Crippen molar-refractivity contribution in [1.29, 1.82) is 0 Å². The number of rotatable bonds is 3. The maximum absolute atomic E-state index is 12.7. The Kier molecular flexibility index (Phi) is 4.87. The Labute approximate surface area is 147 Å². The van der Waals surface area contributed by atoms with Gasteiger partial charge in [0.15, 0.2) is 0 Å². The largest absolute Gasteiger partial charge is 0.363 e. The SMILES string of the molecule is Cc1cc(N(C)C)nc(NC(=O)N2CC[C@H](C)[C@H](n3ccnc3)C2)n1. The van der Waals surface area contributed by atoms with E-state index in [2.05, 4.69) is 31.8 Å². The molecule has 1 fully saturated rings. The molecule has 134 valence electrons. The van der Waals surface area contributed by atoms with Crippen LogP contribution in [-0.4, -0.2) is 57.6 Å². The molecule has 1 aliphatic rings. The van der Waals surface area contributed by atoms with E-state index in [0.29, 0.717) is 18.4 Å². The summed E-state index contributed by atoms with van der Waals surface area (Å²) in [7, 11) is 3.82. The third kappa shape index (κ3) is 3.89. The lowest BCUT2D eigenvalue weighted by Crippen LogP contribution is -2.45. The molecule has 8 nitrogen and oxygen atoms in total. The van der Waals surface area contributed by atoms with Crippen molar-refractivity contribution in [3.8, 4) is 0 Å². The van der Waals surface area contributed by atoms with E-state index in [-0.39, 0.29) is 12.1 Å². The van der Waals surface area contributed by atoms with Gasteiger partial charge in [0.25, 0.3) is 0 Å². The van der Waals surface area contributed by atoms with Crippen LogP contribution in [0, 0.1) is 12.8 Å². The first-order chi connectivity index (χ1) is 11.9. The summed E-state index contributed by atoms with van der Waals surface area (Å²) in [5.74, 6) is 1.60. The quantitative estimate of drug-likeness (QED) is 0.924. The van der Waals surface area contributed by atoms with Crippen molar-refractivity contribution in [3.63, 3.8) is 0 Å². The average Bonchev–Trinajstić information content (AvgIpc) is 3.08. The molecule has 0 bridgehead atoms. The van der Waals surface area contributed by atoms with Crippen molar-refractivity contribution < 1.29 is 4.79 Å². The number of nitrogens with one attached hydrogen (secondary N) is 1. The minimum absolute atomic E-state index is 0.160. The lowest BCUT2D eigenvalue weighted by atomic mass is 9.93. The van der Waals surface area contributed by atoms with E-state index < -0.39 is 0 Å². The van der Waals surface area contributed by atoms with Crippen LogP contribution >= 0.6 is 0 Å². The van der Waals surface area contributed by atoms with E-state index in [0.717, 1.165) is 24.5 Å². The second-order valence-corrected chi connectivity index (χ2v) is 6.80. The molecule has 0 unspecified atom stereocenters. The van der Waals surface area contributed by atoms with E-state index in [1.807, 2.05) is 49.4 Å². The summed E-state index contributed by atoms with van der Waals surface area (Å²) >= 11 is 0. The van der Waals surface area contributed by atoms with Crippen molar-refractivity contribution in [3.05, 3.63) is 30.5 Å². The summed E-state index contributed by atoms with van der Waals surface area (Å²) in [5.41, 5.74) is 0.817. The number of urea groups is 1. The Balaban J connectivity index is 1.71. The van der Waals surface area contributed by atoms with Crippen molar-refractivity contribution in [1.82, 2.24) is 24.4 Å². The molecule has 1 N–H and O–H groups in total. The van der Waals surface area contributed by atoms with Crippen LogP contribution in [-0.2, 0) is 0 Å². The van der Waals surface area contributed by atoms with Gasteiger partial charge in [-0.15, -0.1) is 0 Å². The average molecular weight is 343 g/mol. The van der Waals surface area contributed by atoms with Gasteiger partial charge in [-0.1, -0.05) is 6.92 Å². The number of hydrogen-bond acceptors (Lipinski definition) is 5. The zero-order valence-corrected chi connectivity index (χ0v) is 15.2. The molecule has 2 aromatic rings. The highest BCUT2D eigenvalue weighted by Crippen LogP contribution is 2.27. The van der Waals surface area contributed by atoms with E-state index in [1.165, 1.54) is 0 Å². The predicted molar refractivity (Wildman–Crippen MR) is 96.7 cm³/mol. The summed E-state index contributed by atoms with van der Waals surface area (Å²) in [6, 6.07) is 1.96. The van der Waals surface area contributed by atoms with Crippen LogP contribution in [0.4, 0.5) is 16.6 Å². The maximum Gasteiger partial charge on any atom is 0.324 e. The van der Waals surface area contributed by atoms with Crippen LogP contribution in [0.5, 0.6) is 0 Å². The van der Waals surface area contributed by atoms with Gasteiger partial charge in [-0.2, -0.15) is 4.98 Å². The summed E-state index contributed by atoms with van der Waals surface area (Å²) in [6.45, 7) is 5.48. The van der Waals surface area contributed by atoms with Gasteiger partial charge >= 0.3 is 6.03 Å². The molecular formula is C17H25N7O. The number of piperidine rings is 1. The minimum atomic E-state index is -0.160. The summed E-state index contributed by atoms with van der Waals surface area (Å²) < 4.78 is 2.08. The molecule has 2 atom stereocenters. The lowest BCUT2D eigenvalue weighted by molar-refractivity contribution is 0.149. The van der Waals surface area contributed by atoms with Gasteiger partial charge in [0, 0.05) is 51.3 Å². The molecule has 2 amide bonds. The number of imidazole rings is 1. The zero-order chi connectivity index (χ0) is 18.0. The third-order valence-corrected chi connectivity index (χ3v) is 4.63. The van der Waals surface area contributed by atoms with E-state index in [1.54, 1.807) is 6.20 Å². The minimum Gasteiger partial charge on any atom is -0.363 e. The first kappa shape index (κ1) is 17.2. The molecule has 3 rings (SSSR count). The highest BCUT2D eigenvalue weighted by Gasteiger charge is 2.30. The fourth-order valence-electron chi connectivity index (χ4n) is 3.10. The number of carbonyl (C=O) groups excluding carboxylic acids is 1. The van der Waals surface area contributed by atoms with Crippen LogP contribution in [0.2, 0.25) is 0 Å². The second kappa shape index (κ2) is 7.08. The predicted octanol–water partition coefficient (Wildman–Crippen LogP) is 2.16. The fourth-order valence-corrected chi connectivity index (χ4v) is 3.10. The number of carbonyl (C=O) groups is 1. The number of likely N-dealkylation sites (tertiary alicyclic amines) is 1. The van der Waals surface area contributed by atoms with Crippen LogP contribution in [0.1, 0.15) is 25.1 Å². The van der Waals surface area contributed by atoms with E-state index >= 15 is 0 Å². The van der Waals surface area contributed by atoms with Crippen LogP contribution in [0.3, 0.4) is 0 Å². The van der Waals surface area contributed by atoms with Gasteiger partial charge in [-0.25, -0.2) is 14.8 Å². The van der Waals surface area contributed by atoms with Crippen molar-refractivity contribution in [2.75, 3.05) is 37.4 Å². The number of aromatic nitrogens is 4. The topological polar surface area (TPSA) is 79.2 Å². The number of hydrogen-bond donors (Lipinski definition) is 1. The third-order valence-electron chi connectivity index (χ3n) is 4.63. The van der Waals surface area contributed by atoms with Crippen LogP contribution in [0.15, 0.2) is 24.8 Å². The number of amides is 2. The Hall–Kier alpha value is -2.64. The molecule has 1 aliphatic heterocycles. The Morgan fingerprint density at radius 2 is 2.16 bits per heavy atom. The lowest BCUT2D eigenvalue weighted by Gasteiger charge is -2.37. The van der Waals surface area contributed by atoms with Gasteiger partial charge in [-0.05, 0) is 19.3 Å². The number of nitrogens with zero attached hydrogens (tertiary/aromatic N) is 6. The van der Waals surface area contributed by atoms with E-state index in [9.17, 15) is 4.79 Å². The Morgan fingerprint density at radius 1 is 1.36 bits per heavy atom. The van der Waals surface area contributed by atoms with Gasteiger partial charge in [0.2, 0.25) is 5.95 Å². The van der Waals surface area contributed by atoms with Crippen LogP contribution < -0.4 is 10.2 Å². The highest BCUT2D eigenvalue weighted by molar-refractivity contribution is 5.87. The fraction of sp³-hybridized carbons (Fsp3) is 0.529. The Bertz CT molecular complexity index is 729. The monoisotopic (exact) mass is 343 g/mol. The van der Waals surface area contributed by atoms with Gasteiger partial charge in [-0.3, -0.25) is 5.32 Å². The summed E-state index contributed by atoms with van der Waals surface area (Å²) in [4.78, 5) is 29.2. The highest BCUT2D eigenvalue weighted by atomic mass is 16.2. The molecule has 1 saturated heterocycles. The molecule has 0 aromatic carbocycles. The molecular weight excluding hydrogens is 318 g/mol.